The predicted molar refractivity (Wildman–Crippen MR) is 72.6 cm³/mol. The van der Waals surface area contributed by atoms with E-state index in [-0.39, 0.29) is 5.38 Å². The first kappa shape index (κ1) is 15.9. The summed E-state index contributed by atoms with van der Waals surface area (Å²) in [5, 5.41) is 0.582. The van der Waals surface area contributed by atoms with E-state index < -0.39 is 0 Å². The molecule has 2 unspecified atom stereocenters. The van der Waals surface area contributed by atoms with Crippen LogP contribution in [-0.2, 0) is 0 Å². The number of halogens is 3. The minimum absolute atomic E-state index is 0.238. The molecule has 0 nitrogen and oxygen atoms in total. The van der Waals surface area contributed by atoms with Gasteiger partial charge in [0.25, 0.3) is 0 Å². The summed E-state index contributed by atoms with van der Waals surface area (Å²) in [4.78, 5) is 0. The van der Waals surface area contributed by atoms with Crippen molar-refractivity contribution in [3.63, 3.8) is 0 Å². The number of alkyl halides is 3. The predicted octanol–water partition coefficient (Wildman–Crippen LogP) is 5.58. The van der Waals surface area contributed by atoms with Gasteiger partial charge in [0.15, 0.2) is 0 Å². The SMILES string of the molecule is CCCCCC(Cl)CCCC(Cl)CCCl. The van der Waals surface area contributed by atoms with E-state index in [9.17, 15) is 0 Å². The summed E-state index contributed by atoms with van der Waals surface area (Å²) in [6.07, 6.45) is 9.16. The quantitative estimate of drug-likeness (QED) is 0.360. The molecule has 0 aromatic rings. The van der Waals surface area contributed by atoms with Crippen molar-refractivity contribution in [2.75, 3.05) is 5.88 Å². The van der Waals surface area contributed by atoms with Crippen LogP contribution in [0.2, 0.25) is 0 Å². The molecule has 0 aliphatic rings. The van der Waals surface area contributed by atoms with Crippen molar-refractivity contribution in [3.05, 3.63) is 0 Å². The second kappa shape index (κ2) is 11.4. The third kappa shape index (κ3) is 11.1. The Morgan fingerprint density at radius 2 is 1.33 bits per heavy atom. The van der Waals surface area contributed by atoms with Crippen LogP contribution >= 0.6 is 34.8 Å². The number of hydrogen-bond acceptors (Lipinski definition) is 0. The van der Waals surface area contributed by atoms with Crippen molar-refractivity contribution in [1.82, 2.24) is 0 Å². The Kier molecular flexibility index (Phi) is 12.0. The van der Waals surface area contributed by atoms with Crippen molar-refractivity contribution in [2.24, 2.45) is 0 Å². The zero-order valence-corrected chi connectivity index (χ0v) is 11.9. The van der Waals surface area contributed by atoms with Gasteiger partial charge in [0.05, 0.1) is 0 Å². The lowest BCUT2D eigenvalue weighted by Gasteiger charge is -2.10. The van der Waals surface area contributed by atoms with Gasteiger partial charge < -0.3 is 0 Å². The lowest BCUT2D eigenvalue weighted by Crippen LogP contribution is -2.03. The third-order valence-electron chi connectivity index (χ3n) is 2.58. The van der Waals surface area contributed by atoms with Gasteiger partial charge in [0.1, 0.15) is 0 Å². The normalized spacial score (nSPS) is 15.2. The average molecular weight is 274 g/mol. The Balaban J connectivity index is 3.26. The number of rotatable bonds is 10. The molecule has 0 radical (unpaired) electrons. The van der Waals surface area contributed by atoms with Crippen LogP contribution in [0.5, 0.6) is 0 Å². The zero-order valence-electron chi connectivity index (χ0n) is 9.65. The summed E-state index contributed by atoms with van der Waals surface area (Å²) in [5.74, 6) is 0.662. The van der Waals surface area contributed by atoms with Gasteiger partial charge >= 0.3 is 0 Å². The molecule has 15 heavy (non-hydrogen) atoms. The Hall–Kier alpha value is 0.870. The van der Waals surface area contributed by atoms with E-state index in [1.807, 2.05) is 0 Å². The van der Waals surface area contributed by atoms with E-state index >= 15 is 0 Å². The molecule has 0 aromatic carbocycles. The minimum Gasteiger partial charge on any atom is -0.127 e. The van der Waals surface area contributed by atoms with E-state index in [0.29, 0.717) is 11.3 Å². The highest BCUT2D eigenvalue weighted by Crippen LogP contribution is 2.18. The van der Waals surface area contributed by atoms with Gasteiger partial charge in [-0.25, -0.2) is 0 Å². The van der Waals surface area contributed by atoms with Gasteiger partial charge in [-0.15, -0.1) is 34.8 Å². The van der Waals surface area contributed by atoms with Crippen molar-refractivity contribution in [2.45, 2.75) is 69.0 Å². The molecule has 0 fully saturated rings. The van der Waals surface area contributed by atoms with Crippen molar-refractivity contribution in [3.8, 4) is 0 Å². The van der Waals surface area contributed by atoms with Crippen LogP contribution in [0.4, 0.5) is 0 Å². The van der Waals surface area contributed by atoms with Crippen LogP contribution in [0, 0.1) is 0 Å². The maximum Gasteiger partial charge on any atom is 0.0347 e. The lowest BCUT2D eigenvalue weighted by atomic mass is 10.1. The van der Waals surface area contributed by atoms with E-state index in [0.717, 1.165) is 32.1 Å². The highest BCUT2D eigenvalue weighted by molar-refractivity contribution is 6.22. The maximum atomic E-state index is 6.21. The highest BCUT2D eigenvalue weighted by atomic mass is 35.5. The van der Waals surface area contributed by atoms with Crippen LogP contribution in [0.1, 0.15) is 58.3 Å². The van der Waals surface area contributed by atoms with Crippen molar-refractivity contribution < 1.29 is 0 Å². The Morgan fingerprint density at radius 1 is 0.800 bits per heavy atom. The maximum absolute atomic E-state index is 6.21. The van der Waals surface area contributed by atoms with E-state index in [4.69, 9.17) is 34.8 Å². The fourth-order valence-corrected chi connectivity index (χ4v) is 2.53. The van der Waals surface area contributed by atoms with Crippen LogP contribution in [0.25, 0.3) is 0 Å². The second-order valence-corrected chi connectivity index (χ2v) is 5.71. The molecular formula is C12H23Cl3. The molecule has 0 amide bonds. The third-order valence-corrected chi connectivity index (χ3v) is 3.67. The molecule has 2 atom stereocenters. The zero-order chi connectivity index (χ0) is 11.5. The fourth-order valence-electron chi connectivity index (χ4n) is 1.58. The van der Waals surface area contributed by atoms with Gasteiger partial charge in [0.2, 0.25) is 0 Å². The van der Waals surface area contributed by atoms with Crippen LogP contribution in [0.3, 0.4) is 0 Å². The first-order valence-corrected chi connectivity index (χ1v) is 7.45. The van der Waals surface area contributed by atoms with Gasteiger partial charge in [-0.3, -0.25) is 0 Å². The lowest BCUT2D eigenvalue weighted by molar-refractivity contribution is 0.571. The van der Waals surface area contributed by atoms with Gasteiger partial charge in [-0.1, -0.05) is 32.6 Å². The Morgan fingerprint density at radius 3 is 1.87 bits per heavy atom. The highest BCUT2D eigenvalue weighted by Gasteiger charge is 2.07. The monoisotopic (exact) mass is 272 g/mol. The fraction of sp³-hybridized carbons (Fsp3) is 1.00. The molecule has 0 aromatic heterocycles. The molecule has 0 aliphatic carbocycles. The summed E-state index contributed by atoms with van der Waals surface area (Å²) in [5.41, 5.74) is 0. The summed E-state index contributed by atoms with van der Waals surface area (Å²) >= 11 is 17.9. The molecule has 0 heterocycles. The summed E-state index contributed by atoms with van der Waals surface area (Å²) in [7, 11) is 0. The van der Waals surface area contributed by atoms with E-state index in [2.05, 4.69) is 6.92 Å². The molecule has 0 aliphatic heterocycles. The summed E-state index contributed by atoms with van der Waals surface area (Å²) in [6, 6.07) is 0. The Bertz CT molecular complexity index is 128. The van der Waals surface area contributed by atoms with Crippen LogP contribution in [0.15, 0.2) is 0 Å². The number of unbranched alkanes of at least 4 members (excludes halogenated alkanes) is 2. The topological polar surface area (TPSA) is 0 Å². The largest absolute Gasteiger partial charge is 0.127 e. The first-order valence-electron chi connectivity index (χ1n) is 6.04. The molecule has 0 saturated carbocycles. The van der Waals surface area contributed by atoms with Crippen molar-refractivity contribution >= 4 is 34.8 Å². The molecule has 0 N–H and O–H groups in total. The molecule has 0 saturated heterocycles. The van der Waals surface area contributed by atoms with Gasteiger partial charge in [-0.2, -0.15) is 0 Å². The molecule has 3 heteroatoms. The van der Waals surface area contributed by atoms with E-state index in [1.165, 1.54) is 19.3 Å². The van der Waals surface area contributed by atoms with Crippen LogP contribution in [-0.4, -0.2) is 16.6 Å². The van der Waals surface area contributed by atoms with E-state index in [1.54, 1.807) is 0 Å². The average Bonchev–Trinajstić information content (AvgIpc) is 2.18. The summed E-state index contributed by atoms with van der Waals surface area (Å²) < 4.78 is 0. The smallest absolute Gasteiger partial charge is 0.0347 e. The molecule has 0 spiro atoms. The molecule has 92 valence electrons. The summed E-state index contributed by atoms with van der Waals surface area (Å²) in [6.45, 7) is 2.22. The Labute approximate surface area is 110 Å². The van der Waals surface area contributed by atoms with Crippen molar-refractivity contribution in [1.29, 1.82) is 0 Å². The molecule has 0 rings (SSSR count). The number of hydrogen-bond donors (Lipinski definition) is 0. The molecular weight excluding hydrogens is 250 g/mol. The second-order valence-electron chi connectivity index (χ2n) is 4.10. The van der Waals surface area contributed by atoms with Gasteiger partial charge in [-0.05, 0) is 25.7 Å². The minimum atomic E-state index is 0.238. The standard InChI is InChI=1S/C12H23Cl3/c1-2-3-4-6-11(14)7-5-8-12(15)9-10-13/h11-12H,2-10H2,1H3. The van der Waals surface area contributed by atoms with Crippen LogP contribution < -0.4 is 0 Å². The van der Waals surface area contributed by atoms with Gasteiger partial charge in [0, 0.05) is 16.6 Å². The molecule has 0 bridgehead atoms. The first-order chi connectivity index (χ1) is 7.20.